The van der Waals surface area contributed by atoms with Crippen molar-refractivity contribution in [1.29, 1.82) is 5.26 Å². The van der Waals surface area contributed by atoms with E-state index in [9.17, 15) is 4.79 Å². The summed E-state index contributed by atoms with van der Waals surface area (Å²) in [4.78, 5) is 16.8. The molecule has 1 heterocycles. The SMILES string of the molecule is C[C@@H](C(=O)NC1CC1)N1CCN(Cc2cccc(C#N)c2)CC1. The molecule has 1 saturated heterocycles. The van der Waals surface area contributed by atoms with Gasteiger partial charge in [-0.15, -0.1) is 0 Å². The zero-order valence-electron chi connectivity index (χ0n) is 13.7. The Hall–Kier alpha value is -1.90. The Labute approximate surface area is 137 Å². The first kappa shape index (κ1) is 16.0. The van der Waals surface area contributed by atoms with E-state index in [2.05, 4.69) is 27.3 Å². The van der Waals surface area contributed by atoms with Gasteiger partial charge in [-0.3, -0.25) is 14.6 Å². The quantitative estimate of drug-likeness (QED) is 0.891. The van der Waals surface area contributed by atoms with E-state index in [4.69, 9.17) is 5.26 Å². The van der Waals surface area contributed by atoms with Crippen LogP contribution in [0.15, 0.2) is 24.3 Å². The third-order valence-electron chi connectivity index (χ3n) is 4.72. The van der Waals surface area contributed by atoms with Gasteiger partial charge in [0.05, 0.1) is 17.7 Å². The highest BCUT2D eigenvalue weighted by Gasteiger charge is 2.29. The molecule has 5 nitrogen and oxygen atoms in total. The summed E-state index contributed by atoms with van der Waals surface area (Å²) in [6, 6.07) is 10.4. The smallest absolute Gasteiger partial charge is 0.237 e. The Morgan fingerprint density at radius 1 is 1.35 bits per heavy atom. The topological polar surface area (TPSA) is 59.4 Å². The Bertz CT molecular complexity index is 597. The molecule has 2 aliphatic rings. The van der Waals surface area contributed by atoms with Crippen LogP contribution in [0.5, 0.6) is 0 Å². The molecule has 0 bridgehead atoms. The van der Waals surface area contributed by atoms with Crippen LogP contribution >= 0.6 is 0 Å². The van der Waals surface area contributed by atoms with Gasteiger partial charge in [-0.25, -0.2) is 0 Å². The second kappa shape index (κ2) is 7.12. The van der Waals surface area contributed by atoms with Crippen LogP contribution in [0.4, 0.5) is 0 Å². The Morgan fingerprint density at radius 2 is 2.09 bits per heavy atom. The Morgan fingerprint density at radius 3 is 2.74 bits per heavy atom. The van der Waals surface area contributed by atoms with Crippen LogP contribution in [0.2, 0.25) is 0 Å². The van der Waals surface area contributed by atoms with Gasteiger partial charge in [-0.2, -0.15) is 5.26 Å². The summed E-state index contributed by atoms with van der Waals surface area (Å²) in [7, 11) is 0. The molecule has 122 valence electrons. The van der Waals surface area contributed by atoms with E-state index < -0.39 is 0 Å². The number of hydrogen-bond acceptors (Lipinski definition) is 4. The van der Waals surface area contributed by atoms with Gasteiger partial charge < -0.3 is 5.32 Å². The number of carbonyl (C=O) groups excluding carboxylic acids is 1. The molecule has 3 rings (SSSR count). The van der Waals surface area contributed by atoms with Crippen LogP contribution in [-0.4, -0.2) is 54.0 Å². The maximum atomic E-state index is 12.1. The fraction of sp³-hybridized carbons (Fsp3) is 0.556. The van der Waals surface area contributed by atoms with Crippen LogP contribution in [0.25, 0.3) is 0 Å². The number of nitrogens with zero attached hydrogens (tertiary/aromatic N) is 3. The van der Waals surface area contributed by atoms with Crippen LogP contribution in [-0.2, 0) is 11.3 Å². The van der Waals surface area contributed by atoms with E-state index in [0.717, 1.165) is 45.6 Å². The van der Waals surface area contributed by atoms with Crippen LogP contribution in [0.1, 0.15) is 30.9 Å². The highest BCUT2D eigenvalue weighted by Crippen LogP contribution is 2.19. The first-order chi connectivity index (χ1) is 11.2. The molecule has 1 amide bonds. The molecule has 23 heavy (non-hydrogen) atoms. The minimum atomic E-state index is -0.0420. The molecule has 1 saturated carbocycles. The monoisotopic (exact) mass is 312 g/mol. The van der Waals surface area contributed by atoms with E-state index in [1.807, 2.05) is 25.1 Å². The number of carbonyl (C=O) groups is 1. The van der Waals surface area contributed by atoms with Crippen molar-refractivity contribution in [2.24, 2.45) is 0 Å². The lowest BCUT2D eigenvalue weighted by atomic mass is 10.1. The van der Waals surface area contributed by atoms with Crippen LogP contribution in [0, 0.1) is 11.3 Å². The second-order valence-corrected chi connectivity index (χ2v) is 6.58. The maximum Gasteiger partial charge on any atom is 0.237 e. The Kier molecular flexibility index (Phi) is 4.94. The van der Waals surface area contributed by atoms with Gasteiger partial charge >= 0.3 is 0 Å². The number of hydrogen-bond donors (Lipinski definition) is 1. The fourth-order valence-corrected chi connectivity index (χ4v) is 3.02. The van der Waals surface area contributed by atoms with E-state index in [1.54, 1.807) is 0 Å². The summed E-state index contributed by atoms with van der Waals surface area (Å²) >= 11 is 0. The van der Waals surface area contributed by atoms with Crippen molar-refractivity contribution < 1.29 is 4.79 Å². The van der Waals surface area contributed by atoms with Gasteiger partial charge in [0.25, 0.3) is 0 Å². The number of rotatable bonds is 5. The zero-order chi connectivity index (χ0) is 16.2. The second-order valence-electron chi connectivity index (χ2n) is 6.58. The summed E-state index contributed by atoms with van der Waals surface area (Å²) in [6.07, 6.45) is 2.27. The lowest BCUT2D eigenvalue weighted by molar-refractivity contribution is -0.126. The standard InChI is InChI=1S/C18H24N4O/c1-14(18(23)20-17-5-6-17)22-9-7-21(8-10-22)13-16-4-2-3-15(11-16)12-19/h2-4,11,14,17H,5-10,13H2,1H3,(H,20,23)/t14-/m0/s1. The van der Waals surface area contributed by atoms with Crippen molar-refractivity contribution in [2.75, 3.05) is 26.2 Å². The molecular weight excluding hydrogens is 288 g/mol. The van der Waals surface area contributed by atoms with Crippen LogP contribution < -0.4 is 5.32 Å². The summed E-state index contributed by atoms with van der Waals surface area (Å²) in [5.74, 6) is 0.169. The average Bonchev–Trinajstić information content (AvgIpc) is 3.39. The predicted molar refractivity (Wildman–Crippen MR) is 88.6 cm³/mol. The van der Waals surface area contributed by atoms with Crippen molar-refractivity contribution in [2.45, 2.75) is 38.4 Å². The highest BCUT2D eigenvalue weighted by molar-refractivity contribution is 5.81. The van der Waals surface area contributed by atoms with Crippen molar-refractivity contribution in [1.82, 2.24) is 15.1 Å². The van der Waals surface area contributed by atoms with E-state index >= 15 is 0 Å². The largest absolute Gasteiger partial charge is 0.352 e. The number of nitriles is 1. The molecule has 2 fully saturated rings. The number of piperazine rings is 1. The van der Waals surface area contributed by atoms with Gasteiger partial charge in [0.2, 0.25) is 5.91 Å². The molecular formula is C18H24N4O. The Balaban J connectivity index is 1.47. The summed E-state index contributed by atoms with van der Waals surface area (Å²) < 4.78 is 0. The summed E-state index contributed by atoms with van der Waals surface area (Å²) in [5, 5.41) is 12.1. The fourth-order valence-electron chi connectivity index (χ4n) is 3.02. The molecule has 0 radical (unpaired) electrons. The molecule has 0 aromatic heterocycles. The van der Waals surface area contributed by atoms with E-state index in [-0.39, 0.29) is 11.9 Å². The van der Waals surface area contributed by atoms with E-state index in [0.29, 0.717) is 11.6 Å². The molecule has 1 N–H and O–H groups in total. The van der Waals surface area contributed by atoms with Gasteiger partial charge in [0, 0.05) is 38.8 Å². The van der Waals surface area contributed by atoms with E-state index in [1.165, 1.54) is 5.56 Å². The van der Waals surface area contributed by atoms with Gasteiger partial charge in [0.15, 0.2) is 0 Å². The lowest BCUT2D eigenvalue weighted by Crippen LogP contribution is -2.53. The molecule has 0 spiro atoms. The normalized spacial score (nSPS) is 20.7. The van der Waals surface area contributed by atoms with Gasteiger partial charge in [-0.1, -0.05) is 12.1 Å². The third kappa shape index (κ3) is 4.31. The number of nitrogens with one attached hydrogen (secondary N) is 1. The first-order valence-electron chi connectivity index (χ1n) is 8.41. The number of benzene rings is 1. The molecule has 1 aliphatic heterocycles. The molecule has 1 aliphatic carbocycles. The minimum Gasteiger partial charge on any atom is -0.352 e. The van der Waals surface area contributed by atoms with Crippen molar-refractivity contribution in [3.8, 4) is 6.07 Å². The van der Waals surface area contributed by atoms with Crippen molar-refractivity contribution in [3.63, 3.8) is 0 Å². The highest BCUT2D eigenvalue weighted by atomic mass is 16.2. The molecule has 5 heteroatoms. The maximum absolute atomic E-state index is 12.1. The molecule has 1 aromatic carbocycles. The third-order valence-corrected chi connectivity index (χ3v) is 4.72. The molecule has 1 aromatic rings. The van der Waals surface area contributed by atoms with Crippen molar-refractivity contribution >= 4 is 5.91 Å². The summed E-state index contributed by atoms with van der Waals surface area (Å²) in [5.41, 5.74) is 1.89. The average molecular weight is 312 g/mol. The van der Waals surface area contributed by atoms with Crippen molar-refractivity contribution in [3.05, 3.63) is 35.4 Å². The molecule has 1 atom stereocenters. The minimum absolute atomic E-state index is 0.0420. The first-order valence-corrected chi connectivity index (χ1v) is 8.41. The van der Waals surface area contributed by atoms with Gasteiger partial charge in [0.1, 0.15) is 0 Å². The predicted octanol–water partition coefficient (Wildman–Crippen LogP) is 1.34. The molecule has 0 unspecified atom stereocenters. The zero-order valence-corrected chi connectivity index (χ0v) is 13.7. The number of amides is 1. The van der Waals surface area contributed by atoms with Gasteiger partial charge in [-0.05, 0) is 37.5 Å². The summed E-state index contributed by atoms with van der Waals surface area (Å²) in [6.45, 7) is 6.61. The van der Waals surface area contributed by atoms with Crippen LogP contribution in [0.3, 0.4) is 0 Å². The lowest BCUT2D eigenvalue weighted by Gasteiger charge is -2.37.